The van der Waals surface area contributed by atoms with E-state index in [9.17, 15) is 9.50 Å². The molecule has 1 fully saturated rings. The van der Waals surface area contributed by atoms with Crippen molar-refractivity contribution in [2.45, 2.75) is 32.5 Å². The lowest BCUT2D eigenvalue weighted by atomic mass is 10.1. The number of fused-ring (bicyclic) bond motifs is 1. The summed E-state index contributed by atoms with van der Waals surface area (Å²) in [5.74, 6) is -0.216. The molecule has 0 aliphatic carbocycles. The van der Waals surface area contributed by atoms with Crippen LogP contribution in [0.4, 0.5) is 4.39 Å². The molecule has 0 radical (unpaired) electrons. The van der Waals surface area contributed by atoms with Gasteiger partial charge in [-0.1, -0.05) is 6.07 Å². The Morgan fingerprint density at radius 1 is 1.35 bits per heavy atom. The number of benzene rings is 1. The number of hydrogen-bond acceptors (Lipinski definition) is 4. The van der Waals surface area contributed by atoms with Gasteiger partial charge >= 0.3 is 0 Å². The molecule has 1 aliphatic heterocycles. The van der Waals surface area contributed by atoms with E-state index in [0.29, 0.717) is 11.4 Å². The van der Waals surface area contributed by atoms with Gasteiger partial charge in [0.25, 0.3) is 0 Å². The van der Waals surface area contributed by atoms with E-state index in [1.54, 1.807) is 18.3 Å². The minimum Gasteiger partial charge on any atom is -0.392 e. The van der Waals surface area contributed by atoms with Gasteiger partial charge in [-0.3, -0.25) is 14.8 Å². The van der Waals surface area contributed by atoms with E-state index in [4.69, 9.17) is 0 Å². The van der Waals surface area contributed by atoms with Crippen molar-refractivity contribution in [1.82, 2.24) is 14.8 Å². The van der Waals surface area contributed by atoms with Crippen LogP contribution in [0.1, 0.15) is 19.4 Å². The van der Waals surface area contributed by atoms with Gasteiger partial charge in [0.15, 0.2) is 0 Å². The zero-order chi connectivity index (χ0) is 16.4. The number of aliphatic hydroxyl groups excluding tert-OH is 1. The molecule has 0 unspecified atom stereocenters. The van der Waals surface area contributed by atoms with Crippen molar-refractivity contribution in [3.63, 3.8) is 0 Å². The average molecular weight is 317 g/mol. The maximum Gasteiger partial charge on any atom is 0.132 e. The van der Waals surface area contributed by atoms with Gasteiger partial charge in [0.1, 0.15) is 5.82 Å². The van der Waals surface area contributed by atoms with Crippen LogP contribution in [0.5, 0.6) is 0 Å². The zero-order valence-corrected chi connectivity index (χ0v) is 13.7. The van der Waals surface area contributed by atoms with Crippen LogP contribution < -0.4 is 0 Å². The SMILES string of the molecule is C[C@H](O)CN1CCN(Cc2ccc(F)c3cccnc23)C[C@@H]1C. The molecule has 0 spiro atoms. The van der Waals surface area contributed by atoms with Crippen molar-refractivity contribution in [1.29, 1.82) is 0 Å². The Morgan fingerprint density at radius 2 is 2.17 bits per heavy atom. The molecule has 1 aliphatic rings. The third-order valence-corrected chi connectivity index (χ3v) is 4.54. The molecule has 0 bridgehead atoms. The highest BCUT2D eigenvalue weighted by Gasteiger charge is 2.24. The molecule has 2 atom stereocenters. The van der Waals surface area contributed by atoms with Gasteiger partial charge in [-0.15, -0.1) is 0 Å². The van der Waals surface area contributed by atoms with Crippen LogP contribution in [0.25, 0.3) is 10.9 Å². The average Bonchev–Trinajstić information content (AvgIpc) is 2.53. The predicted molar refractivity (Wildman–Crippen MR) is 89.7 cm³/mol. The second-order valence-electron chi connectivity index (χ2n) is 6.53. The van der Waals surface area contributed by atoms with E-state index in [2.05, 4.69) is 21.7 Å². The van der Waals surface area contributed by atoms with Crippen molar-refractivity contribution in [2.75, 3.05) is 26.2 Å². The standard InChI is InChI=1S/C18H24FN3O/c1-13-10-21(8-9-22(13)11-14(2)23)12-15-5-6-17(19)16-4-3-7-20-18(15)16/h3-7,13-14,23H,8-12H2,1-2H3/t13-,14-/m0/s1. The Kier molecular flexibility index (Phi) is 4.90. The summed E-state index contributed by atoms with van der Waals surface area (Å²) in [5.41, 5.74) is 1.82. The zero-order valence-electron chi connectivity index (χ0n) is 13.7. The predicted octanol–water partition coefficient (Wildman–Crippen LogP) is 2.26. The number of β-amino-alcohol motifs (C(OH)–C–C–N with tert-alkyl or cyclic N) is 1. The van der Waals surface area contributed by atoms with Crippen molar-refractivity contribution in [2.24, 2.45) is 0 Å². The monoisotopic (exact) mass is 317 g/mol. The molecule has 3 rings (SSSR count). The van der Waals surface area contributed by atoms with Crippen LogP contribution in [0.15, 0.2) is 30.5 Å². The normalized spacial score (nSPS) is 21.7. The lowest BCUT2D eigenvalue weighted by Gasteiger charge is -2.40. The number of pyridine rings is 1. The van der Waals surface area contributed by atoms with Crippen LogP contribution in [-0.2, 0) is 6.54 Å². The Labute approximate surface area is 136 Å². The fourth-order valence-corrected chi connectivity index (χ4v) is 3.39. The van der Waals surface area contributed by atoms with E-state index in [1.807, 2.05) is 13.0 Å². The molecule has 1 saturated heterocycles. The van der Waals surface area contributed by atoms with Gasteiger partial charge in [-0.05, 0) is 37.6 Å². The van der Waals surface area contributed by atoms with Crippen molar-refractivity contribution in [3.05, 3.63) is 41.8 Å². The molecular weight excluding hydrogens is 293 g/mol. The Morgan fingerprint density at radius 3 is 2.91 bits per heavy atom. The first-order valence-corrected chi connectivity index (χ1v) is 8.21. The third-order valence-electron chi connectivity index (χ3n) is 4.54. The summed E-state index contributed by atoms with van der Waals surface area (Å²) in [5, 5.41) is 10.2. The van der Waals surface area contributed by atoms with E-state index < -0.39 is 0 Å². The van der Waals surface area contributed by atoms with E-state index >= 15 is 0 Å². The van der Waals surface area contributed by atoms with E-state index in [-0.39, 0.29) is 11.9 Å². The molecule has 23 heavy (non-hydrogen) atoms. The highest BCUT2D eigenvalue weighted by Crippen LogP contribution is 2.22. The molecule has 1 aromatic heterocycles. The summed E-state index contributed by atoms with van der Waals surface area (Å²) < 4.78 is 13.9. The smallest absolute Gasteiger partial charge is 0.132 e. The molecular formula is C18H24FN3O. The third kappa shape index (κ3) is 3.68. The summed E-state index contributed by atoms with van der Waals surface area (Å²) in [6, 6.07) is 7.33. The van der Waals surface area contributed by atoms with Crippen molar-refractivity contribution < 1.29 is 9.50 Å². The van der Waals surface area contributed by atoms with Crippen molar-refractivity contribution >= 4 is 10.9 Å². The molecule has 1 aromatic carbocycles. The molecule has 0 amide bonds. The number of rotatable bonds is 4. The maximum atomic E-state index is 13.9. The topological polar surface area (TPSA) is 39.6 Å². The van der Waals surface area contributed by atoms with Crippen LogP contribution >= 0.6 is 0 Å². The lowest BCUT2D eigenvalue weighted by molar-refractivity contribution is 0.0424. The Hall–Kier alpha value is -1.56. The highest BCUT2D eigenvalue weighted by molar-refractivity contribution is 5.82. The maximum absolute atomic E-state index is 13.9. The summed E-state index contributed by atoms with van der Waals surface area (Å²) >= 11 is 0. The molecule has 4 nitrogen and oxygen atoms in total. The first-order valence-electron chi connectivity index (χ1n) is 8.21. The molecule has 0 saturated carbocycles. The first kappa shape index (κ1) is 16.3. The van der Waals surface area contributed by atoms with Crippen molar-refractivity contribution in [3.8, 4) is 0 Å². The second kappa shape index (κ2) is 6.91. The van der Waals surface area contributed by atoms with Crippen LogP contribution in [0.2, 0.25) is 0 Å². The minimum absolute atomic E-state index is 0.216. The fraction of sp³-hybridized carbons (Fsp3) is 0.500. The van der Waals surface area contributed by atoms with Gasteiger partial charge in [-0.25, -0.2) is 4.39 Å². The summed E-state index contributed by atoms with van der Waals surface area (Å²) in [7, 11) is 0. The molecule has 124 valence electrons. The Bertz CT molecular complexity index is 676. The van der Waals surface area contributed by atoms with Gasteiger partial charge < -0.3 is 5.11 Å². The molecule has 1 N–H and O–H groups in total. The molecule has 2 heterocycles. The number of piperazine rings is 1. The number of halogens is 1. The summed E-state index contributed by atoms with van der Waals surface area (Å²) in [4.78, 5) is 9.07. The summed E-state index contributed by atoms with van der Waals surface area (Å²) in [6.07, 6.45) is 1.42. The van der Waals surface area contributed by atoms with E-state index in [0.717, 1.165) is 43.8 Å². The highest BCUT2D eigenvalue weighted by atomic mass is 19.1. The van der Waals surface area contributed by atoms with Gasteiger partial charge in [0.05, 0.1) is 11.6 Å². The lowest BCUT2D eigenvalue weighted by Crippen LogP contribution is -2.53. The number of aliphatic hydroxyl groups is 1. The van der Waals surface area contributed by atoms with Gasteiger partial charge in [0, 0.05) is 50.3 Å². The van der Waals surface area contributed by atoms with Crippen LogP contribution in [0, 0.1) is 5.82 Å². The number of hydrogen-bond donors (Lipinski definition) is 1. The van der Waals surface area contributed by atoms with Crippen LogP contribution in [-0.4, -0.2) is 58.2 Å². The minimum atomic E-state index is -0.297. The fourth-order valence-electron chi connectivity index (χ4n) is 3.39. The quantitative estimate of drug-likeness (QED) is 0.939. The first-order chi connectivity index (χ1) is 11.0. The summed E-state index contributed by atoms with van der Waals surface area (Å²) in [6.45, 7) is 8.35. The van der Waals surface area contributed by atoms with Gasteiger partial charge in [0.2, 0.25) is 0 Å². The second-order valence-corrected chi connectivity index (χ2v) is 6.53. The number of nitrogens with zero attached hydrogens (tertiary/aromatic N) is 3. The van der Waals surface area contributed by atoms with E-state index in [1.165, 1.54) is 6.07 Å². The van der Waals surface area contributed by atoms with Crippen LogP contribution in [0.3, 0.4) is 0 Å². The Balaban J connectivity index is 1.73. The molecule has 5 heteroatoms. The number of aromatic nitrogens is 1. The largest absolute Gasteiger partial charge is 0.392 e. The molecule has 2 aromatic rings. The van der Waals surface area contributed by atoms with Gasteiger partial charge in [-0.2, -0.15) is 0 Å².